The van der Waals surface area contributed by atoms with Gasteiger partial charge >= 0.3 is 12.1 Å². The molecule has 4 N–H and O–H groups in total. The summed E-state index contributed by atoms with van der Waals surface area (Å²) < 4.78 is 4.89. The summed E-state index contributed by atoms with van der Waals surface area (Å²) in [6.45, 7) is 4.77. The summed E-state index contributed by atoms with van der Waals surface area (Å²) in [6, 6.07) is -1.25. The van der Waals surface area contributed by atoms with Crippen molar-refractivity contribution in [2.75, 3.05) is 6.54 Å². The zero-order chi connectivity index (χ0) is 13.6. The van der Waals surface area contributed by atoms with Crippen molar-refractivity contribution in [1.29, 1.82) is 0 Å². The van der Waals surface area contributed by atoms with Gasteiger partial charge < -0.3 is 20.9 Å². The Kier molecular flexibility index (Phi) is 5.60. The molecule has 0 aromatic carbocycles. The number of carbonyl (C=O) groups is 3. The highest BCUT2D eigenvalue weighted by Crippen LogP contribution is 2.06. The molecule has 0 aliphatic rings. The molecule has 7 nitrogen and oxygen atoms in total. The number of alkyl carbamates (subject to hydrolysis) is 1. The second-order valence-electron chi connectivity index (χ2n) is 4.54. The fourth-order valence-corrected chi connectivity index (χ4v) is 0.890. The van der Waals surface area contributed by atoms with E-state index in [1.165, 1.54) is 0 Å². The molecule has 0 aliphatic carbocycles. The average molecular weight is 246 g/mol. The van der Waals surface area contributed by atoms with Gasteiger partial charge in [-0.3, -0.25) is 9.59 Å². The number of hydrogen-bond acceptors (Lipinski definition) is 5. The van der Waals surface area contributed by atoms with Gasteiger partial charge in [0.25, 0.3) is 0 Å². The lowest BCUT2D eigenvalue weighted by Gasteiger charge is -2.19. The molecular weight excluding hydrogens is 228 g/mol. The predicted octanol–water partition coefficient (Wildman–Crippen LogP) is -0.118. The molecule has 0 saturated carbocycles. The monoisotopic (exact) mass is 246 g/mol. The molecule has 17 heavy (non-hydrogen) atoms. The van der Waals surface area contributed by atoms with E-state index in [9.17, 15) is 14.4 Å². The molecule has 0 bridgehead atoms. The summed E-state index contributed by atoms with van der Waals surface area (Å²) in [7, 11) is 0. The molecule has 1 atom stereocenters. The van der Waals surface area contributed by atoms with Crippen LogP contribution in [-0.4, -0.2) is 41.1 Å². The van der Waals surface area contributed by atoms with Gasteiger partial charge in [-0.2, -0.15) is 0 Å². The first-order valence-corrected chi connectivity index (χ1v) is 5.09. The van der Waals surface area contributed by atoms with Crippen molar-refractivity contribution in [1.82, 2.24) is 5.32 Å². The molecule has 0 heterocycles. The van der Waals surface area contributed by atoms with E-state index in [2.05, 4.69) is 5.32 Å². The number of hydrogen-bond donors (Lipinski definition) is 3. The van der Waals surface area contributed by atoms with E-state index in [0.29, 0.717) is 0 Å². The number of aliphatic carboxylic acids is 1. The average Bonchev–Trinajstić information content (AvgIpc) is 2.11. The summed E-state index contributed by atoms with van der Waals surface area (Å²) in [5, 5.41) is 10.7. The molecule has 7 heteroatoms. The van der Waals surface area contributed by atoms with Crippen molar-refractivity contribution >= 4 is 17.8 Å². The summed E-state index contributed by atoms with van der Waals surface area (Å²) in [4.78, 5) is 32.7. The van der Waals surface area contributed by atoms with Crippen LogP contribution in [0.3, 0.4) is 0 Å². The lowest BCUT2D eigenvalue weighted by atomic mass is 10.1. The Balaban J connectivity index is 3.93. The Morgan fingerprint density at radius 3 is 2.29 bits per heavy atom. The van der Waals surface area contributed by atoms with Gasteiger partial charge in [0.05, 0.1) is 6.54 Å². The summed E-state index contributed by atoms with van der Waals surface area (Å²) in [5.41, 5.74) is 4.51. The van der Waals surface area contributed by atoms with Gasteiger partial charge in [-0.05, 0) is 20.8 Å². The van der Waals surface area contributed by atoms with Crippen LogP contribution in [-0.2, 0) is 14.3 Å². The SMILES string of the molecule is CC(C)(C)OC(=O)NCC(=O)C[C@H](N)C(=O)O. The minimum atomic E-state index is -1.25. The summed E-state index contributed by atoms with van der Waals surface area (Å²) >= 11 is 0. The van der Waals surface area contributed by atoms with Crippen molar-refractivity contribution < 1.29 is 24.2 Å². The number of ether oxygens (including phenoxy) is 1. The highest BCUT2D eigenvalue weighted by molar-refractivity contribution is 5.88. The Morgan fingerprint density at radius 1 is 1.35 bits per heavy atom. The van der Waals surface area contributed by atoms with Gasteiger partial charge in [0.2, 0.25) is 0 Å². The molecule has 98 valence electrons. The summed E-state index contributed by atoms with van der Waals surface area (Å²) in [5.74, 6) is -1.72. The maximum absolute atomic E-state index is 11.2. The Hall–Kier alpha value is -1.63. The number of carboxylic acids is 1. The van der Waals surface area contributed by atoms with Crippen LogP contribution in [0.25, 0.3) is 0 Å². The molecule has 0 aromatic rings. The van der Waals surface area contributed by atoms with Crippen LogP contribution in [0.1, 0.15) is 27.2 Å². The highest BCUT2D eigenvalue weighted by atomic mass is 16.6. The molecule has 0 aromatic heterocycles. The normalized spacial score (nSPS) is 12.7. The van der Waals surface area contributed by atoms with Gasteiger partial charge in [0.15, 0.2) is 5.78 Å². The first kappa shape index (κ1) is 15.4. The van der Waals surface area contributed by atoms with Crippen molar-refractivity contribution in [2.45, 2.75) is 38.8 Å². The van der Waals surface area contributed by atoms with E-state index in [0.717, 1.165) is 0 Å². The fourth-order valence-electron chi connectivity index (χ4n) is 0.890. The van der Waals surface area contributed by atoms with Crippen molar-refractivity contribution in [3.05, 3.63) is 0 Å². The molecule has 0 fully saturated rings. The molecule has 0 aliphatic heterocycles. The maximum atomic E-state index is 11.2. The van der Waals surface area contributed by atoms with E-state index in [4.69, 9.17) is 15.6 Å². The van der Waals surface area contributed by atoms with Gasteiger partial charge in [-0.25, -0.2) is 4.79 Å². The van der Waals surface area contributed by atoms with Crippen molar-refractivity contribution in [2.24, 2.45) is 5.73 Å². The fraction of sp³-hybridized carbons (Fsp3) is 0.700. The first-order valence-electron chi connectivity index (χ1n) is 5.09. The molecule has 0 radical (unpaired) electrons. The topological polar surface area (TPSA) is 119 Å². The highest BCUT2D eigenvalue weighted by Gasteiger charge is 2.19. The number of Topliss-reactive ketones (excluding diaryl/α,β-unsaturated/α-hetero) is 1. The van der Waals surface area contributed by atoms with Gasteiger partial charge in [0, 0.05) is 6.42 Å². The number of nitrogens with one attached hydrogen (secondary N) is 1. The van der Waals surface area contributed by atoms with Gasteiger partial charge in [0.1, 0.15) is 11.6 Å². The second kappa shape index (κ2) is 6.19. The number of nitrogens with two attached hydrogens (primary N) is 1. The third-order valence-electron chi connectivity index (χ3n) is 1.59. The first-order chi connectivity index (χ1) is 7.61. The Bertz CT molecular complexity index is 308. The third kappa shape index (κ3) is 8.21. The maximum Gasteiger partial charge on any atom is 0.408 e. The minimum Gasteiger partial charge on any atom is -0.480 e. The number of carbonyl (C=O) groups excluding carboxylic acids is 2. The third-order valence-corrected chi connectivity index (χ3v) is 1.59. The minimum absolute atomic E-state index is 0.296. The van der Waals surface area contributed by atoms with Crippen LogP contribution in [0.4, 0.5) is 4.79 Å². The molecule has 0 rings (SSSR count). The van der Waals surface area contributed by atoms with E-state index < -0.39 is 29.5 Å². The molecule has 0 spiro atoms. The summed E-state index contributed by atoms with van der Waals surface area (Å²) in [6.07, 6.45) is -1.06. The number of rotatable bonds is 5. The van der Waals surface area contributed by atoms with Gasteiger partial charge in [-0.15, -0.1) is 0 Å². The molecule has 0 unspecified atom stereocenters. The van der Waals surface area contributed by atoms with Crippen LogP contribution in [0.15, 0.2) is 0 Å². The van der Waals surface area contributed by atoms with E-state index in [-0.39, 0.29) is 13.0 Å². The van der Waals surface area contributed by atoms with Crippen LogP contribution < -0.4 is 11.1 Å². The van der Waals surface area contributed by atoms with Crippen molar-refractivity contribution in [3.63, 3.8) is 0 Å². The zero-order valence-corrected chi connectivity index (χ0v) is 10.1. The number of carboxylic acid groups (broad SMARTS) is 1. The standard InChI is InChI=1S/C10H18N2O5/c1-10(2,3)17-9(16)12-5-6(13)4-7(11)8(14)15/h7H,4-5,11H2,1-3H3,(H,12,16)(H,14,15)/t7-/m0/s1. The van der Waals surface area contributed by atoms with Crippen LogP contribution in [0, 0.1) is 0 Å². The second-order valence-corrected chi connectivity index (χ2v) is 4.54. The zero-order valence-electron chi connectivity index (χ0n) is 10.1. The van der Waals surface area contributed by atoms with E-state index >= 15 is 0 Å². The lowest BCUT2D eigenvalue weighted by Crippen LogP contribution is -2.38. The smallest absolute Gasteiger partial charge is 0.408 e. The van der Waals surface area contributed by atoms with E-state index in [1.54, 1.807) is 20.8 Å². The van der Waals surface area contributed by atoms with Crippen LogP contribution in [0.2, 0.25) is 0 Å². The van der Waals surface area contributed by atoms with Gasteiger partial charge in [-0.1, -0.05) is 0 Å². The lowest BCUT2D eigenvalue weighted by molar-refractivity contribution is -0.140. The largest absolute Gasteiger partial charge is 0.480 e. The Morgan fingerprint density at radius 2 is 1.88 bits per heavy atom. The van der Waals surface area contributed by atoms with Crippen LogP contribution in [0.5, 0.6) is 0 Å². The number of amides is 1. The molecular formula is C10H18N2O5. The molecule has 0 saturated heterocycles. The predicted molar refractivity (Wildman–Crippen MR) is 59.5 cm³/mol. The Labute approximate surface area is 99.3 Å². The molecule has 1 amide bonds. The van der Waals surface area contributed by atoms with Crippen molar-refractivity contribution in [3.8, 4) is 0 Å². The quantitative estimate of drug-likeness (QED) is 0.622. The van der Waals surface area contributed by atoms with E-state index in [1.807, 2.05) is 0 Å². The van der Waals surface area contributed by atoms with Crippen LogP contribution >= 0.6 is 0 Å². The number of ketones is 1.